The largest absolute Gasteiger partial charge is 0.324 e. The fourth-order valence-electron chi connectivity index (χ4n) is 10.7. The molecule has 0 atom stereocenters. The number of hydrogen-bond donors (Lipinski definition) is 6. The third-order valence-corrected chi connectivity index (χ3v) is 16.0. The lowest BCUT2D eigenvalue weighted by atomic mass is 10.1. The average Bonchev–Trinajstić information content (AvgIpc) is 1.75. The summed E-state index contributed by atoms with van der Waals surface area (Å²) < 4.78 is 130. The molecule has 9 heterocycles. The molecule has 0 radical (unpaired) electrons. The van der Waals surface area contributed by atoms with Crippen molar-refractivity contribution in [2.24, 2.45) is 0 Å². The Morgan fingerprint density at radius 1 is 0.370 bits per heavy atom. The van der Waals surface area contributed by atoms with Crippen LogP contribution in [0.25, 0.3) is 50.8 Å². The van der Waals surface area contributed by atoms with Crippen LogP contribution in [0.3, 0.4) is 0 Å². The lowest BCUT2D eigenvalue weighted by Gasteiger charge is -2.13. The van der Waals surface area contributed by atoms with Gasteiger partial charge in [-0.2, -0.15) is 0 Å². The summed E-state index contributed by atoms with van der Waals surface area (Å²) in [6.45, 7) is 7.12. The highest BCUT2D eigenvalue weighted by molar-refractivity contribution is 6.07. The molecular weight excluding hydrogens is 1350 g/mol. The molecule has 23 heteroatoms. The Kier molecular flexibility index (Phi) is 16.8. The molecule has 0 spiro atoms. The highest BCUT2D eigenvalue weighted by Crippen LogP contribution is 2.30. The molecule has 0 unspecified atom stereocenters. The molecule has 0 aliphatic heterocycles. The Labute approximate surface area is 645 Å². The van der Waals surface area contributed by atoms with Crippen molar-refractivity contribution >= 4 is 69.7 Å². The maximum atomic E-state index is 13.4. The minimum atomic E-state index is -2.51. The zero-order valence-electron chi connectivity index (χ0n) is 74.1. The van der Waals surface area contributed by atoms with Gasteiger partial charge in [0.15, 0.2) is 0 Å². The number of aromatic nitrogens is 14. The smallest absolute Gasteiger partial charge is 0.255 e. The summed E-state index contributed by atoms with van der Waals surface area (Å²) in [4.78, 5) is 87.0. The van der Waals surface area contributed by atoms with Crippen LogP contribution in [0, 0.1) is 62.2 Å². The third-order valence-electron chi connectivity index (χ3n) is 16.0. The van der Waals surface area contributed by atoms with E-state index in [1.54, 1.807) is 160 Å². The van der Waals surface area contributed by atoms with E-state index in [0.717, 1.165) is 33.5 Å². The summed E-state index contributed by atoms with van der Waals surface area (Å²) in [7, 11) is 0. The first-order chi connectivity index (χ1) is 58.6. The molecule has 0 fully saturated rings. The van der Waals surface area contributed by atoms with Crippen molar-refractivity contribution in [1.29, 1.82) is 0 Å². The van der Waals surface area contributed by atoms with Crippen molar-refractivity contribution in [2.75, 3.05) is 31.9 Å². The van der Waals surface area contributed by atoms with Crippen molar-refractivity contribution in [3.8, 4) is 50.8 Å². The standard InChI is InChI=1S/C29H26N6O.2C28H25N7O/c1-19-9-12-35(18-19)25-14-20(2)13-24(16-25)32-28(36)22-7-6-21(3)27(15-22)34-29-31-11-8-26(33-29)23-5-4-10-30-17-23;2*1-18-11-23(14-24(12-18)35-16-20(3)31-17-35)32-27(36)21-7-6-19(2)26(13-21)34-28-30-10-8-25(33-28)22-5-4-9-29-15-22/h4-18H,1-3H3,(H,32,36)(H,31,33,34);2*4-17H,1-3H3,(H,32,36)(H,30,33,34)/i3D3,13D,14D,16D;2D3,11D,12D,14D;11D,12D,14D. The molecule has 15 aromatic rings. The molecule has 0 bridgehead atoms. The van der Waals surface area contributed by atoms with Gasteiger partial charge < -0.3 is 45.6 Å². The summed E-state index contributed by atoms with van der Waals surface area (Å²) in [5.41, 5.74) is 10.0. The van der Waals surface area contributed by atoms with E-state index in [0.29, 0.717) is 51.1 Å². The predicted octanol–water partition coefficient (Wildman–Crippen LogP) is 17.5. The van der Waals surface area contributed by atoms with Gasteiger partial charge in [-0.15, -0.1) is 0 Å². The number of anilines is 9. The molecule has 15 rings (SSSR count). The molecule has 0 saturated carbocycles. The fourth-order valence-corrected chi connectivity index (χ4v) is 10.7. The van der Waals surface area contributed by atoms with Gasteiger partial charge in [0.2, 0.25) is 17.8 Å². The molecule has 3 amide bonds. The minimum Gasteiger partial charge on any atom is -0.324 e. The van der Waals surface area contributed by atoms with Crippen LogP contribution in [0.15, 0.2) is 263 Å². The third kappa shape index (κ3) is 18.5. The summed E-state index contributed by atoms with van der Waals surface area (Å²) >= 11 is 0. The van der Waals surface area contributed by atoms with E-state index in [4.69, 9.17) is 20.6 Å². The molecular formula is C85H76N20O3. The van der Waals surface area contributed by atoms with Crippen LogP contribution in [-0.2, 0) is 0 Å². The Bertz CT molecular complexity index is 6290. The van der Waals surface area contributed by atoms with Crippen molar-refractivity contribution in [3.05, 3.63) is 330 Å². The monoisotopic (exact) mass is 1440 g/mol. The van der Waals surface area contributed by atoms with Gasteiger partial charge in [0.1, 0.15) is 0 Å². The van der Waals surface area contributed by atoms with Crippen LogP contribution in [0.4, 0.5) is 52.0 Å². The van der Waals surface area contributed by atoms with Crippen molar-refractivity contribution < 1.29 is 34.9 Å². The van der Waals surface area contributed by atoms with E-state index in [1.165, 1.54) is 66.0 Å². The van der Waals surface area contributed by atoms with E-state index in [2.05, 4.69) is 86.7 Å². The minimum absolute atomic E-state index is 0.0145. The van der Waals surface area contributed by atoms with Gasteiger partial charge in [0, 0.05) is 173 Å². The number of carbonyl (C=O) groups excluding carboxylic acids is 3. The van der Waals surface area contributed by atoms with Gasteiger partial charge >= 0.3 is 0 Å². The lowest BCUT2D eigenvalue weighted by Crippen LogP contribution is -2.13. The zero-order chi connectivity index (χ0) is 88.0. The van der Waals surface area contributed by atoms with E-state index >= 15 is 0 Å². The van der Waals surface area contributed by atoms with Crippen LogP contribution in [0.1, 0.15) is 102 Å². The number of nitrogens with one attached hydrogen (secondary N) is 6. The molecule has 0 aliphatic rings. The van der Waals surface area contributed by atoms with E-state index in [-0.39, 0.29) is 140 Å². The highest BCUT2D eigenvalue weighted by Gasteiger charge is 2.17. The number of pyridine rings is 3. The maximum Gasteiger partial charge on any atom is 0.255 e. The Balaban J connectivity index is 0.000000159. The first-order valence-electron chi connectivity index (χ1n) is 40.9. The molecule has 6 aromatic carbocycles. The highest BCUT2D eigenvalue weighted by atomic mass is 16.2. The summed E-state index contributed by atoms with van der Waals surface area (Å²) in [6.07, 6.45) is 24.5. The van der Waals surface area contributed by atoms with Gasteiger partial charge in [0.25, 0.3) is 17.7 Å². The van der Waals surface area contributed by atoms with Gasteiger partial charge in [-0.25, -0.2) is 39.9 Å². The molecule has 9 aromatic heterocycles. The van der Waals surface area contributed by atoms with Crippen LogP contribution in [-0.4, -0.2) is 86.2 Å². The Morgan fingerprint density at radius 3 is 1.06 bits per heavy atom. The lowest BCUT2D eigenvalue weighted by molar-refractivity contribution is 0.101. The van der Waals surface area contributed by atoms with Crippen molar-refractivity contribution in [2.45, 2.75) is 62.2 Å². The number of hydrogen-bond acceptors (Lipinski definition) is 17. The normalized spacial score (nSPS) is 13.0. The summed E-state index contributed by atoms with van der Waals surface area (Å²) in [6, 6.07) is 30.3. The molecule has 108 heavy (non-hydrogen) atoms. The second kappa shape index (κ2) is 32.9. The molecule has 0 aliphatic carbocycles. The SMILES string of the molecule is [2H]c1c(C)c([2H])c(-n2ccc(C)c2)c([2H])c1NC(=O)c1ccc(C([2H])([2H])[2H])c(Nc2nccc(-c3cccnc3)n2)c1.[2H]c1c(C)c([2H])c(-n2cnc(C)c2)c([2H])c1NC(=O)c1ccc(C([2H])([2H])[2H])c(Nc2nccc(-c3cccnc3)n2)c1.[2H]c1c(C)c([2H])c(-n2cnc(C)c2)c([2H])c1NC(=O)c1ccc(C)c(Nc2nccc(-c3cccnc3)n2)c1. The number of carbonyl (C=O) groups is 3. The van der Waals surface area contributed by atoms with Crippen molar-refractivity contribution in [1.82, 2.24) is 68.5 Å². The number of imidazole rings is 2. The fraction of sp³-hybridized carbons (Fsp3) is 0.106. The van der Waals surface area contributed by atoms with Gasteiger partial charge in [-0.1, -0.05) is 18.2 Å². The molecule has 0 saturated heterocycles. The zero-order valence-corrected chi connectivity index (χ0v) is 59.1. The van der Waals surface area contributed by atoms with Crippen LogP contribution < -0.4 is 31.9 Å². The Hall–Kier alpha value is -14.5. The number of aryl methyl sites for hydroxylation is 6. The van der Waals surface area contributed by atoms with Gasteiger partial charge in [0.05, 0.1) is 53.5 Å². The Morgan fingerprint density at radius 2 is 0.731 bits per heavy atom. The molecule has 534 valence electrons. The first kappa shape index (κ1) is 55.1. The van der Waals surface area contributed by atoms with Crippen LogP contribution >= 0.6 is 0 Å². The van der Waals surface area contributed by atoms with Gasteiger partial charge in [-0.3, -0.25) is 29.3 Å². The number of amides is 3. The second-order valence-electron chi connectivity index (χ2n) is 24.4. The van der Waals surface area contributed by atoms with E-state index in [9.17, 15) is 14.4 Å². The maximum absolute atomic E-state index is 13.4. The quantitative estimate of drug-likeness (QED) is 0.0466. The number of rotatable bonds is 18. The van der Waals surface area contributed by atoms with E-state index < -0.39 is 31.4 Å². The van der Waals surface area contributed by atoms with Crippen molar-refractivity contribution in [3.63, 3.8) is 0 Å². The van der Waals surface area contributed by atoms with E-state index in [1.807, 2.05) is 44.2 Å². The first-order valence-corrected chi connectivity index (χ1v) is 33.4. The van der Waals surface area contributed by atoms with Crippen LogP contribution in [0.5, 0.6) is 0 Å². The number of nitrogens with zero attached hydrogens (tertiary/aromatic N) is 14. The molecule has 6 N–H and O–H groups in total. The second-order valence-corrected chi connectivity index (χ2v) is 24.4. The van der Waals surface area contributed by atoms with Crippen LogP contribution in [0.2, 0.25) is 0 Å². The predicted molar refractivity (Wildman–Crippen MR) is 424 cm³/mol. The number of benzene rings is 6. The average molecular weight is 1440 g/mol. The summed E-state index contributed by atoms with van der Waals surface area (Å²) in [5.74, 6) is -1.23. The topological polar surface area (TPSA) is 280 Å². The van der Waals surface area contributed by atoms with Gasteiger partial charge in [-0.05, 0) is 253 Å². The molecule has 23 nitrogen and oxygen atoms in total. The summed E-state index contributed by atoms with van der Waals surface area (Å²) in [5, 5.41) is 17.0.